The lowest BCUT2D eigenvalue weighted by molar-refractivity contribution is -0.155. The summed E-state index contributed by atoms with van der Waals surface area (Å²) in [7, 11) is -10.4. The molecule has 2 aliphatic carbocycles. The van der Waals surface area contributed by atoms with E-state index in [-0.39, 0.29) is 73.8 Å². The van der Waals surface area contributed by atoms with Crippen molar-refractivity contribution in [2.24, 2.45) is 0 Å². The molecule has 112 heavy (non-hydrogen) atoms. The highest BCUT2D eigenvalue weighted by atomic mass is 32.2. The Labute approximate surface area is 666 Å². The molecule has 2 fully saturated rings. The van der Waals surface area contributed by atoms with Crippen LogP contribution in [0.4, 0.5) is 11.6 Å². The first-order valence-corrected chi connectivity index (χ1v) is 57.7. The van der Waals surface area contributed by atoms with Crippen LogP contribution in [0.25, 0.3) is 44.9 Å². The Hall–Kier alpha value is -6.55. The summed E-state index contributed by atoms with van der Waals surface area (Å²) in [6.07, 6.45) is 16.8. The van der Waals surface area contributed by atoms with Crippen LogP contribution >= 0.6 is 0 Å². The minimum Gasteiger partial charge on any atom is -0.388 e. The van der Waals surface area contributed by atoms with Gasteiger partial charge in [-0.15, -0.1) is 0 Å². The largest absolute Gasteiger partial charge is 0.388 e. The van der Waals surface area contributed by atoms with E-state index >= 15 is 0 Å². The lowest BCUT2D eigenvalue weighted by atomic mass is 9.74. The summed E-state index contributed by atoms with van der Waals surface area (Å²) in [4.78, 5) is 40.7. The standard InChI is InChI=1S/C40H62N6O7SSi2.C39H60N6O8SSi2/c1-10-35(47)40(53-21-20-50-2)18-16-31(17-19-40)36-37(54(3,48)49)39(44(29-51-22-24-55(4,5)6)30-52-23-25-56(7,8)9)46-38(43-36)34(27-42-46)32-26-41-45(28-32)33-14-12-11-13-15-33;1-50-18-19-53-39(34(47)27-46)16-14-30(15-17-39)35-36(54(2,48)49)38(43(28-51-20-22-55(3,4)5)29-52-21-23-56(6,7)8)45-37(42-35)33(25-41-45)31-24-40-44(26-31)32-12-10-9-11-13-32/h11-15,26-28,31H,10,16-25,29-30H2,1-9H3;9-13,24-26,30,46H,14-23,27-29H2,1-8H3. The van der Waals surface area contributed by atoms with Gasteiger partial charge in [0.1, 0.15) is 54.5 Å². The molecular weight excluding hydrogens is 1530 g/mol. The van der Waals surface area contributed by atoms with Crippen LogP contribution in [0.1, 0.15) is 87.9 Å². The lowest BCUT2D eigenvalue weighted by Crippen LogP contribution is -2.47. The second-order valence-electron chi connectivity index (χ2n) is 34.5. The van der Waals surface area contributed by atoms with E-state index in [9.17, 15) is 31.5 Å². The number of carbonyl (C=O) groups is 2. The Morgan fingerprint density at radius 1 is 0.482 bits per heavy atom. The van der Waals surface area contributed by atoms with E-state index in [1.807, 2.05) is 89.8 Å². The van der Waals surface area contributed by atoms with Gasteiger partial charge >= 0.3 is 0 Å². The fraction of sp³-hybridized carbons (Fsp3) is 0.595. The van der Waals surface area contributed by atoms with Gasteiger partial charge in [0, 0.05) is 138 Å². The number of hydrogen-bond donors (Lipinski definition) is 1. The first kappa shape index (κ1) is 89.4. The molecule has 6 aromatic heterocycles. The van der Waals surface area contributed by atoms with Gasteiger partial charge in [-0.1, -0.05) is 122 Å². The Bertz CT molecular complexity index is 4280. The molecular formula is C79H122N12O15S2Si4. The molecule has 2 aliphatic rings. The number of hydrogen-bond acceptors (Lipinski definition) is 23. The predicted octanol–water partition coefficient (Wildman–Crippen LogP) is 13.5. The van der Waals surface area contributed by atoms with Crippen LogP contribution < -0.4 is 9.80 Å². The zero-order valence-corrected chi connectivity index (χ0v) is 74.8. The van der Waals surface area contributed by atoms with E-state index < -0.39 is 75.6 Å². The number of para-hydroxylation sites is 2. The number of aliphatic hydroxyl groups is 1. The van der Waals surface area contributed by atoms with Crippen LogP contribution in [0.5, 0.6) is 0 Å². The normalized spacial score (nSPS) is 18.1. The van der Waals surface area contributed by atoms with Crippen molar-refractivity contribution < 1.29 is 69.4 Å². The molecule has 0 aliphatic heterocycles. The molecule has 616 valence electrons. The van der Waals surface area contributed by atoms with Gasteiger partial charge in [0.05, 0.1) is 74.0 Å². The quantitative estimate of drug-likeness (QED) is 0.0211. The van der Waals surface area contributed by atoms with Crippen molar-refractivity contribution in [3.8, 4) is 33.6 Å². The van der Waals surface area contributed by atoms with Crippen LogP contribution in [0, 0.1) is 0 Å². The molecule has 0 saturated heterocycles. The summed E-state index contributed by atoms with van der Waals surface area (Å²) in [6, 6.07) is 23.4. The van der Waals surface area contributed by atoms with Crippen LogP contribution in [-0.4, -0.2) is 239 Å². The van der Waals surface area contributed by atoms with Crippen LogP contribution in [0.3, 0.4) is 0 Å². The number of methoxy groups -OCH3 is 2. The smallest absolute Gasteiger partial charge is 0.189 e. The van der Waals surface area contributed by atoms with Crippen molar-refractivity contribution in [3.05, 3.63) is 109 Å². The van der Waals surface area contributed by atoms with E-state index in [4.69, 9.17) is 58.1 Å². The van der Waals surface area contributed by atoms with Gasteiger partial charge in [-0.05, 0) is 99.8 Å². The second kappa shape index (κ2) is 38.9. The average Bonchev–Trinajstić information content (AvgIpc) is 1.19. The average molecular weight is 1660 g/mol. The molecule has 33 heteroatoms. The minimum atomic E-state index is -3.95. The molecule has 0 atom stereocenters. The Morgan fingerprint density at radius 3 is 1.11 bits per heavy atom. The van der Waals surface area contributed by atoms with E-state index in [0.717, 1.165) is 46.7 Å². The number of fused-ring (bicyclic) bond motifs is 2. The van der Waals surface area contributed by atoms with Gasteiger partial charge in [-0.3, -0.25) is 9.59 Å². The Kier molecular flexibility index (Phi) is 31.1. The van der Waals surface area contributed by atoms with Crippen molar-refractivity contribution >= 4 is 86.5 Å². The van der Waals surface area contributed by atoms with Crippen LogP contribution in [0.2, 0.25) is 103 Å². The number of sulfone groups is 2. The van der Waals surface area contributed by atoms with Gasteiger partial charge in [0.2, 0.25) is 0 Å². The van der Waals surface area contributed by atoms with Gasteiger partial charge < -0.3 is 52.8 Å². The summed E-state index contributed by atoms with van der Waals surface area (Å²) in [5.74, 6) is -0.311. The number of benzene rings is 2. The molecule has 27 nitrogen and oxygen atoms in total. The topological polar surface area (TPSA) is 299 Å². The third kappa shape index (κ3) is 23.8. The highest BCUT2D eigenvalue weighted by molar-refractivity contribution is 7.91. The maximum atomic E-state index is 14.2. The molecule has 0 bridgehead atoms. The molecule has 6 heterocycles. The summed E-state index contributed by atoms with van der Waals surface area (Å²) >= 11 is 0. The fourth-order valence-corrected chi connectivity index (χ4v) is 19.2. The van der Waals surface area contributed by atoms with E-state index in [1.54, 1.807) is 57.4 Å². The number of anilines is 2. The highest BCUT2D eigenvalue weighted by Crippen LogP contribution is 2.47. The monoisotopic (exact) mass is 1650 g/mol. The maximum absolute atomic E-state index is 14.2. The molecule has 10 rings (SSSR count). The summed E-state index contributed by atoms with van der Waals surface area (Å²) in [5.41, 5.74) is 4.38. The maximum Gasteiger partial charge on any atom is 0.189 e. The van der Waals surface area contributed by atoms with E-state index in [1.165, 1.54) is 12.5 Å². The predicted molar refractivity (Wildman–Crippen MR) is 449 cm³/mol. The van der Waals surface area contributed by atoms with Crippen molar-refractivity contribution in [1.29, 1.82) is 0 Å². The van der Waals surface area contributed by atoms with Crippen molar-refractivity contribution in [3.63, 3.8) is 0 Å². The first-order valence-electron chi connectivity index (χ1n) is 39.1. The van der Waals surface area contributed by atoms with Gasteiger partial charge in [-0.25, -0.2) is 36.2 Å². The van der Waals surface area contributed by atoms with E-state index in [0.29, 0.717) is 137 Å². The summed E-state index contributed by atoms with van der Waals surface area (Å²) < 4.78 is 112. The molecule has 1 N–H and O–H groups in total. The summed E-state index contributed by atoms with van der Waals surface area (Å²) in [6.45, 7) is 32.4. The lowest BCUT2D eigenvalue weighted by Gasteiger charge is -2.39. The number of nitrogens with zero attached hydrogens (tertiary/aromatic N) is 12. The Balaban J connectivity index is 0.000000257. The molecule has 0 unspecified atom stereocenters. The molecule has 8 aromatic rings. The summed E-state index contributed by atoms with van der Waals surface area (Å²) in [5, 5.41) is 28.8. The number of ether oxygens (including phenoxy) is 8. The van der Waals surface area contributed by atoms with Crippen LogP contribution in [0.15, 0.2) is 108 Å². The van der Waals surface area contributed by atoms with Crippen molar-refractivity contribution in [1.82, 2.24) is 48.8 Å². The SMILES string of the molecule is CCC(=O)C1(OCCOC)CCC(c2nc3c(-c4cnn(-c5ccccc5)c4)cnn3c(N(COCC[Si](C)(C)C)COCC[Si](C)(C)C)c2S(C)(=O)=O)CC1.COCCOC1(C(=O)CO)CCC(c2nc3c(-c4cnn(-c5ccccc5)c4)cnn3c(N(COCC[Si](C)(C)C)COCC[Si](C)(C)C)c2S(C)(=O)=O)CC1. The zero-order chi connectivity index (χ0) is 81.5. The Morgan fingerprint density at radius 2 is 0.812 bits per heavy atom. The number of rotatable bonds is 42. The van der Waals surface area contributed by atoms with Crippen molar-refractivity contribution in [2.45, 2.75) is 200 Å². The first-order chi connectivity index (χ1) is 52.9. The fourth-order valence-electron chi connectivity index (χ4n) is 13.9. The third-order valence-electron chi connectivity index (χ3n) is 20.5. The minimum absolute atomic E-state index is 0.0464. The third-order valence-corrected chi connectivity index (χ3v) is 29.6. The molecule has 0 amide bonds. The zero-order valence-electron chi connectivity index (χ0n) is 69.1. The van der Waals surface area contributed by atoms with Crippen molar-refractivity contribution in [2.75, 3.05) is 123 Å². The van der Waals surface area contributed by atoms with Gasteiger partial charge in [0.25, 0.3) is 0 Å². The number of Topliss-reactive ketones (excluding diaryl/α,β-unsaturated/α-hetero) is 2. The number of ketones is 2. The molecule has 0 spiro atoms. The molecule has 0 radical (unpaired) electrons. The van der Waals surface area contributed by atoms with E-state index in [2.05, 4.69) is 88.8 Å². The van der Waals surface area contributed by atoms with Crippen LogP contribution in [-0.2, 0) is 67.2 Å². The second-order valence-corrected chi connectivity index (χ2v) is 60.9. The number of carbonyl (C=O) groups excluding carboxylic acids is 2. The molecule has 2 aromatic carbocycles. The highest BCUT2D eigenvalue weighted by Gasteiger charge is 2.47. The van der Waals surface area contributed by atoms with Gasteiger partial charge in [0.15, 0.2) is 54.2 Å². The molecule has 2 saturated carbocycles. The van der Waals surface area contributed by atoms with Gasteiger partial charge in [-0.2, -0.15) is 29.4 Å². The number of aliphatic hydroxyl groups excluding tert-OH is 1. The number of aromatic nitrogens is 10.